The van der Waals surface area contributed by atoms with Crippen LogP contribution in [0, 0.1) is 18.3 Å². The van der Waals surface area contributed by atoms with Crippen LogP contribution in [0.2, 0.25) is 0 Å². The van der Waals surface area contributed by atoms with Gasteiger partial charge in [0.25, 0.3) is 5.91 Å². The van der Waals surface area contributed by atoms with Crippen LogP contribution in [-0.4, -0.2) is 40.1 Å². The number of amides is 2. The highest BCUT2D eigenvalue weighted by atomic mass is 16.2. The highest BCUT2D eigenvalue weighted by Crippen LogP contribution is 2.33. The number of carbonyl (C=O) groups is 2. The number of aromatic nitrogens is 2. The van der Waals surface area contributed by atoms with Gasteiger partial charge in [-0.2, -0.15) is 0 Å². The van der Waals surface area contributed by atoms with Crippen LogP contribution < -0.4 is 21.7 Å². The smallest absolute Gasteiger partial charge is 0.256 e. The molecular formula is C34H41N7O2. The molecule has 5 rings (SSSR count). The van der Waals surface area contributed by atoms with Crippen molar-refractivity contribution in [1.82, 2.24) is 15.3 Å². The van der Waals surface area contributed by atoms with Crippen molar-refractivity contribution in [2.24, 2.45) is 5.92 Å². The van der Waals surface area contributed by atoms with E-state index in [1.165, 1.54) is 0 Å². The molecule has 3 aromatic rings. The number of nitrogens with one attached hydrogen (secondary N) is 4. The minimum atomic E-state index is -0.274. The van der Waals surface area contributed by atoms with Gasteiger partial charge < -0.3 is 21.7 Å². The lowest BCUT2D eigenvalue weighted by Gasteiger charge is -2.31. The Morgan fingerprint density at radius 3 is 2.65 bits per heavy atom. The fraction of sp³-hybridized carbons (Fsp3) is 0.382. The molecule has 0 radical (unpaired) electrons. The molecule has 1 fully saturated rings. The first kappa shape index (κ1) is 29.9. The largest absolute Gasteiger partial charge is 0.383 e. The first-order chi connectivity index (χ1) is 20.9. The van der Waals surface area contributed by atoms with Gasteiger partial charge in [0.15, 0.2) is 0 Å². The van der Waals surface area contributed by atoms with Gasteiger partial charge in [-0.1, -0.05) is 37.1 Å². The fourth-order valence-corrected chi connectivity index (χ4v) is 5.87. The van der Waals surface area contributed by atoms with E-state index >= 15 is 0 Å². The van der Waals surface area contributed by atoms with Gasteiger partial charge in [-0.05, 0) is 87.3 Å². The molecule has 1 aromatic carbocycles. The molecule has 9 nitrogen and oxygen atoms in total. The Morgan fingerprint density at radius 2 is 1.84 bits per heavy atom. The molecule has 3 heterocycles. The molecule has 224 valence electrons. The zero-order valence-corrected chi connectivity index (χ0v) is 24.8. The lowest BCUT2D eigenvalue weighted by atomic mass is 9.84. The Kier molecular flexibility index (Phi) is 9.81. The predicted molar refractivity (Wildman–Crippen MR) is 172 cm³/mol. The van der Waals surface area contributed by atoms with Crippen LogP contribution in [0.15, 0.2) is 60.9 Å². The van der Waals surface area contributed by atoms with E-state index in [9.17, 15) is 15.0 Å². The monoisotopic (exact) mass is 579 g/mol. The summed E-state index contributed by atoms with van der Waals surface area (Å²) in [5.41, 5.74) is 11.1. The molecule has 9 heteroatoms. The molecule has 2 amide bonds. The topological polar surface area (TPSA) is 146 Å². The van der Waals surface area contributed by atoms with E-state index in [1.54, 1.807) is 36.7 Å². The number of nitrogens with zero attached hydrogens (tertiary/aromatic N) is 2. The quantitative estimate of drug-likeness (QED) is 0.195. The number of carbonyl (C=O) groups excluding carboxylic acids is 2. The van der Waals surface area contributed by atoms with E-state index in [0.29, 0.717) is 28.9 Å². The SMILES string of the molecule is Cc1ccnc(NC(=O)c2ccc(C(=N)c3c(N)ncc4c3N[C@@H]3CCC[C@H](C3)C(=O)NCCCCC/C=C\C4)cc2)c1. The minimum absolute atomic E-state index is 0.0294. The third-order valence-electron chi connectivity index (χ3n) is 8.27. The normalized spacial score (nSPS) is 20.2. The van der Waals surface area contributed by atoms with Crippen LogP contribution in [0.3, 0.4) is 0 Å². The number of anilines is 3. The molecule has 0 spiro atoms. The van der Waals surface area contributed by atoms with Gasteiger partial charge >= 0.3 is 0 Å². The summed E-state index contributed by atoms with van der Waals surface area (Å²) in [6.45, 7) is 2.67. The average Bonchev–Trinajstić information content (AvgIpc) is 3.00. The molecule has 2 aliphatic rings. The van der Waals surface area contributed by atoms with Gasteiger partial charge in [0.2, 0.25) is 5.91 Å². The molecule has 1 saturated carbocycles. The zero-order chi connectivity index (χ0) is 30.2. The van der Waals surface area contributed by atoms with Gasteiger partial charge in [-0.3, -0.25) is 15.0 Å². The summed E-state index contributed by atoms with van der Waals surface area (Å²) in [6.07, 6.45) is 16.1. The third kappa shape index (κ3) is 7.66. The molecule has 1 aliphatic heterocycles. The molecule has 6 N–H and O–H groups in total. The van der Waals surface area contributed by atoms with Crippen molar-refractivity contribution in [3.63, 3.8) is 0 Å². The maximum absolute atomic E-state index is 12.9. The van der Waals surface area contributed by atoms with Crippen LogP contribution in [0.5, 0.6) is 0 Å². The third-order valence-corrected chi connectivity index (χ3v) is 8.27. The summed E-state index contributed by atoms with van der Waals surface area (Å²) in [5.74, 6) is 0.597. The van der Waals surface area contributed by atoms with Crippen LogP contribution in [0.25, 0.3) is 0 Å². The van der Waals surface area contributed by atoms with Gasteiger partial charge in [-0.25, -0.2) is 9.97 Å². The number of benzene rings is 1. The second-order valence-corrected chi connectivity index (χ2v) is 11.6. The number of pyridine rings is 2. The van der Waals surface area contributed by atoms with E-state index in [-0.39, 0.29) is 35.3 Å². The van der Waals surface area contributed by atoms with Gasteiger partial charge in [0, 0.05) is 42.0 Å². The van der Waals surface area contributed by atoms with Crippen LogP contribution >= 0.6 is 0 Å². The summed E-state index contributed by atoms with van der Waals surface area (Å²) in [6, 6.07) is 10.7. The highest BCUT2D eigenvalue weighted by molar-refractivity contribution is 6.17. The van der Waals surface area contributed by atoms with E-state index in [4.69, 9.17) is 5.73 Å². The molecule has 2 atom stereocenters. The first-order valence-corrected chi connectivity index (χ1v) is 15.3. The summed E-state index contributed by atoms with van der Waals surface area (Å²) in [5, 5.41) is 18.9. The number of fused-ring (bicyclic) bond motifs is 3. The number of rotatable bonds is 4. The zero-order valence-electron chi connectivity index (χ0n) is 24.8. The van der Waals surface area contributed by atoms with E-state index in [1.807, 2.05) is 19.1 Å². The van der Waals surface area contributed by atoms with Crippen LogP contribution in [0.1, 0.15) is 84.0 Å². The van der Waals surface area contributed by atoms with E-state index in [2.05, 4.69) is 38.1 Å². The fourth-order valence-electron chi connectivity index (χ4n) is 5.87. The molecule has 2 bridgehead atoms. The average molecular weight is 580 g/mol. The van der Waals surface area contributed by atoms with Crippen molar-refractivity contribution in [3.05, 3.63) is 88.8 Å². The number of nitrogens with two attached hydrogens (primary N) is 1. The highest BCUT2D eigenvalue weighted by Gasteiger charge is 2.29. The minimum Gasteiger partial charge on any atom is -0.383 e. The van der Waals surface area contributed by atoms with Crippen molar-refractivity contribution in [1.29, 1.82) is 5.41 Å². The summed E-state index contributed by atoms with van der Waals surface area (Å²) in [4.78, 5) is 34.5. The Hall–Kier alpha value is -4.53. The Morgan fingerprint density at radius 1 is 1.02 bits per heavy atom. The number of hydrogen-bond donors (Lipinski definition) is 5. The maximum Gasteiger partial charge on any atom is 0.256 e. The Balaban J connectivity index is 1.42. The Bertz CT molecular complexity index is 1500. The molecule has 0 unspecified atom stereocenters. The summed E-state index contributed by atoms with van der Waals surface area (Å²) < 4.78 is 0. The van der Waals surface area contributed by atoms with Crippen molar-refractivity contribution < 1.29 is 9.59 Å². The molecule has 43 heavy (non-hydrogen) atoms. The maximum atomic E-state index is 12.9. The van der Waals surface area contributed by atoms with Gasteiger partial charge in [0.1, 0.15) is 11.6 Å². The van der Waals surface area contributed by atoms with Crippen molar-refractivity contribution in [2.75, 3.05) is 22.9 Å². The molecular weight excluding hydrogens is 538 g/mol. The summed E-state index contributed by atoms with van der Waals surface area (Å²) in [7, 11) is 0. The van der Waals surface area contributed by atoms with Gasteiger partial charge in [-0.15, -0.1) is 0 Å². The van der Waals surface area contributed by atoms with E-state index in [0.717, 1.165) is 74.7 Å². The second-order valence-electron chi connectivity index (χ2n) is 11.6. The molecule has 2 aromatic heterocycles. The van der Waals surface area contributed by atoms with Crippen molar-refractivity contribution >= 4 is 34.8 Å². The predicted octanol–water partition coefficient (Wildman–Crippen LogP) is 5.80. The number of allylic oxidation sites excluding steroid dienone is 2. The second kappa shape index (κ2) is 14.1. The van der Waals surface area contributed by atoms with Crippen molar-refractivity contribution in [3.8, 4) is 0 Å². The van der Waals surface area contributed by atoms with Crippen LogP contribution in [0.4, 0.5) is 17.3 Å². The van der Waals surface area contributed by atoms with E-state index < -0.39 is 0 Å². The molecule has 0 saturated heterocycles. The number of nitrogen functional groups attached to an aromatic ring is 1. The van der Waals surface area contributed by atoms with Crippen LogP contribution in [-0.2, 0) is 11.2 Å². The molecule has 1 aliphatic carbocycles. The first-order valence-electron chi connectivity index (χ1n) is 15.3. The van der Waals surface area contributed by atoms with Crippen molar-refractivity contribution in [2.45, 2.75) is 70.8 Å². The number of aryl methyl sites for hydroxylation is 1. The lowest BCUT2D eigenvalue weighted by Crippen LogP contribution is -2.38. The summed E-state index contributed by atoms with van der Waals surface area (Å²) >= 11 is 0. The lowest BCUT2D eigenvalue weighted by molar-refractivity contribution is -0.126. The number of hydrogen-bond acceptors (Lipinski definition) is 7. The van der Waals surface area contributed by atoms with Gasteiger partial charge in [0.05, 0.1) is 17.0 Å². The Labute approximate surface area is 253 Å². The standard InChI is InChI=1S/C34H41N7O2/c1-22-16-18-37-28(19-22)41-34(43)24-14-12-23(13-15-24)30(35)29-31-26(21-39-32(29)36)9-6-4-2-3-5-7-17-38-33(42)25-10-8-11-27(20-25)40-31/h4,6,12-16,18-19,21,25,27,35,40H,2-3,5,7-11,17,20H2,1H3,(H2,36,39)(H,38,42)(H,37,41,43)/b6-4-,35-30?/t25-,27-/m1/s1.